The fourth-order valence-electron chi connectivity index (χ4n) is 3.56. The van der Waals surface area contributed by atoms with Gasteiger partial charge in [-0.1, -0.05) is 71.7 Å². The molecule has 0 aliphatic carbocycles. The van der Waals surface area contributed by atoms with Crippen molar-refractivity contribution >= 4 is 45.7 Å². The molecule has 34 heavy (non-hydrogen) atoms. The Morgan fingerprint density at radius 1 is 0.971 bits per heavy atom. The van der Waals surface area contributed by atoms with E-state index in [1.54, 1.807) is 23.0 Å². The van der Waals surface area contributed by atoms with Crippen molar-refractivity contribution in [2.45, 2.75) is 13.2 Å². The van der Waals surface area contributed by atoms with Crippen LogP contribution in [0.1, 0.15) is 21.9 Å². The summed E-state index contributed by atoms with van der Waals surface area (Å²) < 4.78 is 13.3. The topological polar surface area (TPSA) is 69.3 Å². The summed E-state index contributed by atoms with van der Waals surface area (Å²) in [5, 5.41) is 10.1. The van der Waals surface area contributed by atoms with E-state index in [1.165, 1.54) is 0 Å². The number of carbonyl (C=O) groups is 1. The van der Waals surface area contributed by atoms with Gasteiger partial charge in [0.05, 0.1) is 6.54 Å². The standard InChI is InChI=1S/C26H19Cl2N3O3/c27-19-10-8-17(9-11-19)14-31-15-22(28)25(30-31)29-26(32)24-13-12-20(34-24)16-33-23-7-3-5-18-4-1-2-6-21(18)23/h1-13,15H,14,16H2,(H,29,30,32). The van der Waals surface area contributed by atoms with Crippen LogP contribution in [0.25, 0.3) is 10.8 Å². The molecule has 0 radical (unpaired) electrons. The Labute approximate surface area is 205 Å². The van der Waals surface area contributed by atoms with Gasteiger partial charge in [0, 0.05) is 16.6 Å². The van der Waals surface area contributed by atoms with Gasteiger partial charge in [0.15, 0.2) is 11.6 Å². The number of fused-ring (bicyclic) bond motifs is 1. The van der Waals surface area contributed by atoms with Gasteiger partial charge in [-0.25, -0.2) is 0 Å². The first-order valence-electron chi connectivity index (χ1n) is 10.5. The maximum absolute atomic E-state index is 12.7. The summed E-state index contributed by atoms with van der Waals surface area (Å²) in [6.45, 7) is 0.681. The number of ether oxygens (including phenoxy) is 1. The molecule has 5 rings (SSSR count). The van der Waals surface area contributed by atoms with E-state index in [0.29, 0.717) is 22.4 Å². The van der Waals surface area contributed by atoms with Gasteiger partial charge >= 0.3 is 0 Å². The molecule has 1 N–H and O–H groups in total. The van der Waals surface area contributed by atoms with Crippen LogP contribution in [0.2, 0.25) is 10.0 Å². The van der Waals surface area contributed by atoms with Crippen LogP contribution in [0.5, 0.6) is 5.75 Å². The molecule has 0 aliphatic rings. The van der Waals surface area contributed by atoms with Crippen molar-refractivity contribution in [2.75, 3.05) is 5.32 Å². The second-order valence-corrected chi connectivity index (χ2v) is 8.48. The van der Waals surface area contributed by atoms with Gasteiger partial charge in [0.1, 0.15) is 23.1 Å². The number of rotatable bonds is 7. The molecular weight excluding hydrogens is 473 g/mol. The van der Waals surface area contributed by atoms with Crippen molar-refractivity contribution in [3.05, 3.63) is 112 Å². The minimum atomic E-state index is -0.449. The lowest BCUT2D eigenvalue weighted by atomic mass is 10.1. The smallest absolute Gasteiger partial charge is 0.292 e. The number of nitrogens with one attached hydrogen (secondary N) is 1. The molecular formula is C26H19Cl2N3O3. The third kappa shape index (κ3) is 4.93. The quantitative estimate of drug-likeness (QED) is 0.271. The van der Waals surface area contributed by atoms with Gasteiger partial charge in [-0.3, -0.25) is 9.48 Å². The lowest BCUT2D eigenvalue weighted by molar-refractivity contribution is 0.0992. The Morgan fingerprint density at radius 3 is 2.62 bits per heavy atom. The number of hydrogen-bond donors (Lipinski definition) is 1. The van der Waals surface area contributed by atoms with Gasteiger partial charge in [-0.15, -0.1) is 0 Å². The molecule has 8 heteroatoms. The molecule has 170 valence electrons. The number of aromatic nitrogens is 2. The Balaban J connectivity index is 1.23. The lowest BCUT2D eigenvalue weighted by Crippen LogP contribution is -2.12. The van der Waals surface area contributed by atoms with Gasteiger partial charge in [-0.2, -0.15) is 5.10 Å². The maximum atomic E-state index is 12.7. The molecule has 5 aromatic rings. The molecule has 6 nitrogen and oxygen atoms in total. The van der Waals surface area contributed by atoms with Crippen molar-refractivity contribution in [2.24, 2.45) is 0 Å². The zero-order valence-electron chi connectivity index (χ0n) is 17.9. The Morgan fingerprint density at radius 2 is 1.76 bits per heavy atom. The summed E-state index contributed by atoms with van der Waals surface area (Å²) >= 11 is 12.2. The first-order valence-corrected chi connectivity index (χ1v) is 11.3. The fourth-order valence-corrected chi connectivity index (χ4v) is 3.88. The van der Waals surface area contributed by atoms with Crippen LogP contribution in [0.4, 0.5) is 5.82 Å². The number of nitrogens with zero attached hydrogens (tertiary/aromatic N) is 2. The predicted molar refractivity (Wildman–Crippen MR) is 133 cm³/mol. The van der Waals surface area contributed by atoms with E-state index in [1.807, 2.05) is 66.7 Å². The van der Waals surface area contributed by atoms with Crippen LogP contribution in [-0.2, 0) is 13.2 Å². The number of benzene rings is 3. The zero-order valence-corrected chi connectivity index (χ0v) is 19.4. The van der Waals surface area contributed by atoms with Crippen LogP contribution in [0.3, 0.4) is 0 Å². The molecule has 0 bridgehead atoms. The van der Waals surface area contributed by atoms with E-state index in [4.69, 9.17) is 32.4 Å². The minimum Gasteiger partial charge on any atom is -0.485 e. The van der Waals surface area contributed by atoms with E-state index in [-0.39, 0.29) is 18.2 Å². The lowest BCUT2D eigenvalue weighted by Gasteiger charge is -2.08. The minimum absolute atomic E-state index is 0.139. The van der Waals surface area contributed by atoms with Gasteiger partial charge in [0.25, 0.3) is 5.91 Å². The molecule has 0 unspecified atom stereocenters. The fraction of sp³-hybridized carbons (Fsp3) is 0.0769. The average molecular weight is 492 g/mol. The number of amides is 1. The third-order valence-corrected chi connectivity index (χ3v) is 5.74. The van der Waals surface area contributed by atoms with Crippen molar-refractivity contribution in [3.8, 4) is 5.75 Å². The monoisotopic (exact) mass is 491 g/mol. The first-order chi connectivity index (χ1) is 16.5. The van der Waals surface area contributed by atoms with E-state index in [9.17, 15) is 4.79 Å². The predicted octanol–water partition coefficient (Wildman–Crippen LogP) is 6.82. The Hall–Kier alpha value is -3.74. The summed E-state index contributed by atoms with van der Waals surface area (Å²) in [4.78, 5) is 12.7. The van der Waals surface area contributed by atoms with Gasteiger partial charge < -0.3 is 14.5 Å². The van der Waals surface area contributed by atoms with E-state index in [2.05, 4.69) is 10.4 Å². The number of anilines is 1. The molecule has 0 fully saturated rings. The second-order valence-electron chi connectivity index (χ2n) is 7.64. The summed E-state index contributed by atoms with van der Waals surface area (Å²) in [6, 6.07) is 24.6. The normalized spacial score (nSPS) is 11.0. The summed E-state index contributed by atoms with van der Waals surface area (Å²) in [7, 11) is 0. The molecule has 0 spiro atoms. The summed E-state index contributed by atoms with van der Waals surface area (Å²) in [5.41, 5.74) is 1.00. The van der Waals surface area contributed by atoms with Gasteiger partial charge in [-0.05, 0) is 41.3 Å². The number of furan rings is 1. The zero-order chi connectivity index (χ0) is 23.5. The SMILES string of the molecule is O=C(Nc1nn(Cc2ccc(Cl)cc2)cc1Cl)c1ccc(COc2cccc3ccccc23)o1. The molecule has 3 aromatic carbocycles. The van der Waals surface area contributed by atoms with Gasteiger partial charge in [0.2, 0.25) is 0 Å². The third-order valence-electron chi connectivity index (χ3n) is 5.21. The molecule has 1 amide bonds. The van der Waals surface area contributed by atoms with Crippen LogP contribution in [0, 0.1) is 0 Å². The van der Waals surface area contributed by atoms with Crippen LogP contribution < -0.4 is 10.1 Å². The molecule has 0 saturated carbocycles. The number of carbonyl (C=O) groups excluding carboxylic acids is 1. The van der Waals surface area contributed by atoms with Crippen molar-refractivity contribution in [3.63, 3.8) is 0 Å². The van der Waals surface area contributed by atoms with Crippen LogP contribution in [0.15, 0.2) is 89.5 Å². The molecule has 2 aromatic heterocycles. The Kier molecular flexibility index (Phi) is 6.25. The average Bonchev–Trinajstić information content (AvgIpc) is 3.46. The first kappa shape index (κ1) is 22.1. The highest BCUT2D eigenvalue weighted by Crippen LogP contribution is 2.26. The van der Waals surface area contributed by atoms with Crippen LogP contribution in [-0.4, -0.2) is 15.7 Å². The van der Waals surface area contributed by atoms with Crippen molar-refractivity contribution in [1.82, 2.24) is 9.78 Å². The van der Waals surface area contributed by atoms with E-state index >= 15 is 0 Å². The molecule has 0 saturated heterocycles. The second kappa shape index (κ2) is 9.63. The Bertz CT molecular complexity index is 1450. The molecule has 2 heterocycles. The van der Waals surface area contributed by atoms with Crippen molar-refractivity contribution in [1.29, 1.82) is 0 Å². The summed E-state index contributed by atoms with van der Waals surface area (Å²) in [6.07, 6.45) is 1.65. The maximum Gasteiger partial charge on any atom is 0.292 e. The van der Waals surface area contributed by atoms with Crippen LogP contribution >= 0.6 is 23.2 Å². The number of halogens is 2. The molecule has 0 aliphatic heterocycles. The van der Waals surface area contributed by atoms with E-state index < -0.39 is 5.91 Å². The number of hydrogen-bond acceptors (Lipinski definition) is 4. The molecule has 0 atom stereocenters. The highest BCUT2D eigenvalue weighted by molar-refractivity contribution is 6.33. The summed E-state index contributed by atoms with van der Waals surface area (Å²) in [5.74, 6) is 1.22. The largest absolute Gasteiger partial charge is 0.485 e. The van der Waals surface area contributed by atoms with E-state index in [0.717, 1.165) is 22.1 Å². The highest BCUT2D eigenvalue weighted by atomic mass is 35.5. The van der Waals surface area contributed by atoms with Crippen molar-refractivity contribution < 1.29 is 13.9 Å². The highest BCUT2D eigenvalue weighted by Gasteiger charge is 2.16.